The smallest absolute Gasteiger partial charge is 0.416 e. The van der Waals surface area contributed by atoms with Gasteiger partial charge in [0.05, 0.1) is 22.9 Å². The van der Waals surface area contributed by atoms with E-state index in [2.05, 4.69) is 0 Å². The van der Waals surface area contributed by atoms with Crippen LogP contribution in [0.4, 0.5) is 36.8 Å². The predicted molar refractivity (Wildman–Crippen MR) is 125 cm³/mol. The van der Waals surface area contributed by atoms with Crippen LogP contribution in [0.1, 0.15) is 61.9 Å². The van der Waals surface area contributed by atoms with E-state index < -0.39 is 29.6 Å². The first-order valence-corrected chi connectivity index (χ1v) is 11.9. The summed E-state index contributed by atoms with van der Waals surface area (Å²) in [6.07, 6.45) is -9.68. The first kappa shape index (κ1) is 28.1. The van der Waals surface area contributed by atoms with Crippen LogP contribution >= 0.6 is 11.6 Å². The van der Waals surface area contributed by atoms with Gasteiger partial charge in [-0.05, 0) is 74.7 Å². The number of carbonyl (C=O) groups is 1. The molecule has 36 heavy (non-hydrogen) atoms. The summed E-state index contributed by atoms with van der Waals surface area (Å²) in [7, 11) is 0. The third-order valence-corrected chi connectivity index (χ3v) is 6.17. The van der Waals surface area contributed by atoms with E-state index in [1.165, 1.54) is 4.90 Å². The number of hydrogen-bond acceptors (Lipinski definition) is 3. The van der Waals surface area contributed by atoms with Gasteiger partial charge < -0.3 is 4.74 Å². The van der Waals surface area contributed by atoms with Crippen LogP contribution in [0.3, 0.4) is 0 Å². The van der Waals surface area contributed by atoms with Gasteiger partial charge in [0.15, 0.2) is 0 Å². The van der Waals surface area contributed by atoms with Crippen LogP contribution in [-0.2, 0) is 23.6 Å². The molecule has 0 N–H and O–H groups in total. The van der Waals surface area contributed by atoms with Gasteiger partial charge in [0.25, 0.3) is 0 Å². The number of hydrogen-bond donors (Lipinski definition) is 0. The number of amides is 1. The van der Waals surface area contributed by atoms with Crippen molar-refractivity contribution in [2.45, 2.75) is 64.7 Å². The highest BCUT2D eigenvalue weighted by atomic mass is 35.5. The molecule has 0 saturated carbocycles. The monoisotopic (exact) mass is 536 g/mol. The Hall–Kier alpha value is -2.46. The number of alkyl halides is 6. The van der Waals surface area contributed by atoms with Gasteiger partial charge in [-0.25, -0.2) is 4.79 Å². The fourth-order valence-corrected chi connectivity index (χ4v) is 4.54. The molecule has 1 unspecified atom stereocenters. The van der Waals surface area contributed by atoms with Gasteiger partial charge >= 0.3 is 18.4 Å². The topological polar surface area (TPSA) is 32.8 Å². The molecule has 0 saturated heterocycles. The predicted octanol–water partition coefficient (Wildman–Crippen LogP) is 8.09. The molecule has 198 valence electrons. The van der Waals surface area contributed by atoms with Crippen molar-refractivity contribution in [3.8, 4) is 0 Å². The van der Waals surface area contributed by atoms with E-state index in [0.717, 1.165) is 12.1 Å². The van der Waals surface area contributed by atoms with Gasteiger partial charge in [0.1, 0.15) is 0 Å². The summed E-state index contributed by atoms with van der Waals surface area (Å²) in [6, 6.07) is 6.26. The lowest BCUT2D eigenvalue weighted by Gasteiger charge is -2.32. The lowest BCUT2D eigenvalue weighted by Crippen LogP contribution is -2.34. The Balaban J connectivity index is 2.02. The molecule has 4 nitrogen and oxygen atoms in total. The van der Waals surface area contributed by atoms with Gasteiger partial charge in [-0.15, -0.1) is 0 Å². The molecule has 0 bridgehead atoms. The molecule has 0 aliphatic carbocycles. The standard InChI is InChI=1S/C25H27ClF6N2O2/c1-4-33(14-16-10-17(24(27,28)29)12-18(11-16)25(30,31)32)21-6-5-9-34(23(35)36-15(2)3)22-13-19(26)7-8-20(21)22/h7-8,10-13,15,21H,4-6,9,14H2,1-3H3. The minimum absolute atomic E-state index is 0.102. The first-order chi connectivity index (χ1) is 16.7. The maximum atomic E-state index is 13.4. The zero-order valence-electron chi connectivity index (χ0n) is 20.0. The van der Waals surface area contributed by atoms with Crippen LogP contribution in [0.25, 0.3) is 0 Å². The van der Waals surface area contributed by atoms with Crippen LogP contribution in [0.15, 0.2) is 36.4 Å². The van der Waals surface area contributed by atoms with E-state index in [0.29, 0.717) is 42.2 Å². The molecule has 0 aromatic heterocycles. The van der Waals surface area contributed by atoms with Crippen molar-refractivity contribution in [1.29, 1.82) is 0 Å². The number of carbonyl (C=O) groups excluding carboxylic acids is 1. The molecule has 1 aliphatic rings. The van der Waals surface area contributed by atoms with E-state index in [1.54, 1.807) is 43.9 Å². The van der Waals surface area contributed by atoms with Crippen molar-refractivity contribution in [3.63, 3.8) is 0 Å². The summed E-state index contributed by atoms with van der Waals surface area (Å²) in [4.78, 5) is 16.0. The third-order valence-electron chi connectivity index (χ3n) is 5.94. The molecule has 1 amide bonds. The highest BCUT2D eigenvalue weighted by molar-refractivity contribution is 6.31. The highest BCUT2D eigenvalue weighted by Crippen LogP contribution is 2.41. The zero-order chi connectivity index (χ0) is 26.8. The second kappa shape index (κ2) is 10.9. The Morgan fingerprint density at radius 3 is 2.22 bits per heavy atom. The van der Waals surface area contributed by atoms with E-state index >= 15 is 0 Å². The summed E-state index contributed by atoms with van der Waals surface area (Å²) < 4.78 is 85.6. The van der Waals surface area contributed by atoms with E-state index in [1.807, 2.05) is 0 Å². The molecule has 1 heterocycles. The van der Waals surface area contributed by atoms with Crippen molar-refractivity contribution in [1.82, 2.24) is 4.90 Å². The molecule has 2 aromatic carbocycles. The average Bonchev–Trinajstić information content (AvgIpc) is 2.95. The second-order valence-electron chi connectivity index (χ2n) is 8.92. The van der Waals surface area contributed by atoms with Crippen molar-refractivity contribution in [3.05, 3.63) is 63.7 Å². The van der Waals surface area contributed by atoms with Gasteiger partial charge in [-0.2, -0.15) is 26.3 Å². The lowest BCUT2D eigenvalue weighted by molar-refractivity contribution is -0.143. The third kappa shape index (κ3) is 6.64. The fourth-order valence-electron chi connectivity index (χ4n) is 4.37. The number of benzene rings is 2. The summed E-state index contributed by atoms with van der Waals surface area (Å²) in [5.41, 5.74) is -1.59. The molecule has 0 fully saturated rings. The number of nitrogens with zero attached hydrogens (tertiary/aromatic N) is 2. The van der Waals surface area contributed by atoms with Gasteiger partial charge in [-0.1, -0.05) is 24.6 Å². The lowest BCUT2D eigenvalue weighted by atomic mass is 9.98. The summed E-state index contributed by atoms with van der Waals surface area (Å²) in [5.74, 6) is 0. The maximum absolute atomic E-state index is 13.4. The number of anilines is 1. The molecule has 1 atom stereocenters. The van der Waals surface area contributed by atoms with Crippen LogP contribution < -0.4 is 4.90 Å². The van der Waals surface area contributed by atoms with Gasteiger partial charge in [0, 0.05) is 24.2 Å². The average molecular weight is 537 g/mol. The summed E-state index contributed by atoms with van der Waals surface area (Å²) >= 11 is 6.21. The van der Waals surface area contributed by atoms with E-state index in [4.69, 9.17) is 16.3 Å². The largest absolute Gasteiger partial charge is 0.446 e. The van der Waals surface area contributed by atoms with E-state index in [9.17, 15) is 31.1 Å². The summed E-state index contributed by atoms with van der Waals surface area (Å²) in [5, 5.41) is 0.382. The molecule has 3 rings (SSSR count). The van der Waals surface area contributed by atoms with Crippen molar-refractivity contribution in [2.75, 3.05) is 18.0 Å². The SMILES string of the molecule is CCN(Cc1cc(C(F)(F)F)cc(C(F)(F)F)c1)C1CCCN(C(=O)OC(C)C)c2cc(Cl)ccc21. The van der Waals surface area contributed by atoms with Crippen molar-refractivity contribution in [2.24, 2.45) is 0 Å². The number of halogens is 7. The fraction of sp³-hybridized carbons (Fsp3) is 0.480. The molecule has 2 aromatic rings. The Morgan fingerprint density at radius 2 is 1.69 bits per heavy atom. The minimum atomic E-state index is -4.92. The van der Waals surface area contributed by atoms with Crippen LogP contribution in [0, 0.1) is 0 Å². The summed E-state index contributed by atoms with van der Waals surface area (Å²) in [6.45, 7) is 5.76. The number of ether oxygens (including phenoxy) is 1. The molecule has 0 spiro atoms. The Kier molecular flexibility index (Phi) is 8.50. The minimum Gasteiger partial charge on any atom is -0.446 e. The Bertz CT molecular complexity index is 1050. The van der Waals surface area contributed by atoms with Crippen molar-refractivity contribution >= 4 is 23.4 Å². The van der Waals surface area contributed by atoms with E-state index in [-0.39, 0.29) is 30.3 Å². The van der Waals surface area contributed by atoms with Gasteiger partial charge in [0.2, 0.25) is 0 Å². The number of rotatable bonds is 5. The van der Waals surface area contributed by atoms with Crippen molar-refractivity contribution < 1.29 is 35.9 Å². The Morgan fingerprint density at radius 1 is 1.08 bits per heavy atom. The van der Waals surface area contributed by atoms with Crippen LogP contribution in [0.2, 0.25) is 5.02 Å². The maximum Gasteiger partial charge on any atom is 0.416 e. The molecular weight excluding hydrogens is 510 g/mol. The zero-order valence-corrected chi connectivity index (χ0v) is 20.8. The molecule has 1 aliphatic heterocycles. The second-order valence-corrected chi connectivity index (χ2v) is 9.36. The van der Waals surface area contributed by atoms with Crippen LogP contribution in [-0.4, -0.2) is 30.2 Å². The molecular formula is C25H27ClF6N2O2. The highest BCUT2D eigenvalue weighted by Gasteiger charge is 2.37. The molecule has 0 radical (unpaired) electrons. The van der Waals surface area contributed by atoms with Gasteiger partial charge in [-0.3, -0.25) is 9.80 Å². The normalized spacial score (nSPS) is 16.8. The quantitative estimate of drug-likeness (QED) is 0.362. The number of fused-ring (bicyclic) bond motifs is 1. The first-order valence-electron chi connectivity index (χ1n) is 11.5. The molecule has 11 heteroatoms. The Labute approximate surface area is 210 Å². The van der Waals surface area contributed by atoms with Crippen LogP contribution in [0.5, 0.6) is 0 Å².